The first-order valence-electron chi connectivity index (χ1n) is 17.0. The number of halogens is 1. The first-order chi connectivity index (χ1) is 22.5. The number of ether oxygens (including phenoxy) is 2. The lowest BCUT2D eigenvalue weighted by Crippen LogP contribution is -2.52. The van der Waals surface area contributed by atoms with Gasteiger partial charge in [0.15, 0.2) is 0 Å². The monoisotopic (exact) mass is 633 g/mol. The molecule has 5 unspecified atom stereocenters. The molecule has 0 saturated heterocycles. The van der Waals surface area contributed by atoms with Crippen molar-refractivity contribution in [3.63, 3.8) is 0 Å². The zero-order valence-corrected chi connectivity index (χ0v) is 27.1. The van der Waals surface area contributed by atoms with Crippen LogP contribution in [0.2, 0.25) is 0 Å². The molecule has 0 bridgehead atoms. The molecule has 1 spiro atoms. The van der Waals surface area contributed by atoms with E-state index in [9.17, 15) is 19.2 Å². The first-order valence-corrected chi connectivity index (χ1v) is 17.0. The lowest BCUT2D eigenvalue weighted by atomic mass is 9.47. The van der Waals surface area contributed by atoms with E-state index in [0.29, 0.717) is 35.1 Å². The molecule has 7 nitrogen and oxygen atoms in total. The van der Waals surface area contributed by atoms with Crippen molar-refractivity contribution in [2.75, 3.05) is 4.90 Å². The van der Waals surface area contributed by atoms with E-state index in [2.05, 4.69) is 26.0 Å². The van der Waals surface area contributed by atoms with Gasteiger partial charge in [0.05, 0.1) is 12.2 Å². The maximum Gasteiger partial charge on any atom is 0.302 e. The number of allylic oxidation sites excluding steroid dienone is 1. The van der Waals surface area contributed by atoms with Crippen molar-refractivity contribution in [3.8, 4) is 6.07 Å². The summed E-state index contributed by atoms with van der Waals surface area (Å²) in [4.78, 5) is 28.3. The van der Waals surface area contributed by atoms with Gasteiger partial charge in [0.25, 0.3) is 5.91 Å². The quantitative estimate of drug-likeness (QED) is 0.278. The molecular formula is C39H40FN3O4. The van der Waals surface area contributed by atoms with Gasteiger partial charge in [-0.3, -0.25) is 15.0 Å². The second-order valence-electron chi connectivity index (χ2n) is 15.0. The van der Waals surface area contributed by atoms with Gasteiger partial charge in [-0.15, -0.1) is 0 Å². The number of anilines is 1. The Labute approximate surface area is 274 Å². The summed E-state index contributed by atoms with van der Waals surface area (Å²) in [5.74, 6) is -0.604. The fourth-order valence-corrected chi connectivity index (χ4v) is 11.0. The number of fused-ring (bicyclic) bond motifs is 10. The largest absolute Gasteiger partial charge is 0.462 e. The summed E-state index contributed by atoms with van der Waals surface area (Å²) in [6, 6.07) is 16.4. The fraction of sp³-hybridized carbons (Fsp3) is 0.487. The van der Waals surface area contributed by atoms with Gasteiger partial charge >= 0.3 is 5.97 Å². The van der Waals surface area contributed by atoms with Crippen LogP contribution in [0.4, 0.5) is 10.1 Å². The molecule has 3 fully saturated rings. The highest BCUT2D eigenvalue weighted by atomic mass is 19.1. The van der Waals surface area contributed by atoms with E-state index in [4.69, 9.17) is 14.9 Å². The van der Waals surface area contributed by atoms with E-state index in [1.165, 1.54) is 18.6 Å². The minimum Gasteiger partial charge on any atom is -0.462 e. The molecule has 2 aromatic carbocycles. The molecule has 1 N–H and O–H groups in total. The highest BCUT2D eigenvalue weighted by Crippen LogP contribution is 2.71. The third-order valence-electron chi connectivity index (χ3n) is 13.0. The molecule has 3 saturated carbocycles. The summed E-state index contributed by atoms with van der Waals surface area (Å²) in [5.41, 5.74) is 2.46. The molecule has 0 aromatic heterocycles. The average molecular weight is 634 g/mol. The van der Waals surface area contributed by atoms with Crippen LogP contribution in [-0.2, 0) is 31.2 Å². The summed E-state index contributed by atoms with van der Waals surface area (Å²) in [6.07, 6.45) is 8.35. The zero-order valence-electron chi connectivity index (χ0n) is 27.1. The molecule has 6 aliphatic rings. The van der Waals surface area contributed by atoms with Crippen LogP contribution in [-0.4, -0.2) is 23.9 Å². The van der Waals surface area contributed by atoms with Crippen molar-refractivity contribution in [1.82, 2.24) is 0 Å². The van der Waals surface area contributed by atoms with Crippen molar-refractivity contribution in [2.45, 2.75) is 84.0 Å². The first kappa shape index (κ1) is 30.1. The van der Waals surface area contributed by atoms with Gasteiger partial charge in [-0.25, -0.2) is 4.39 Å². The Balaban J connectivity index is 1.21. The van der Waals surface area contributed by atoms with Gasteiger partial charge in [0.1, 0.15) is 23.6 Å². The van der Waals surface area contributed by atoms with Crippen molar-refractivity contribution in [2.24, 2.45) is 34.5 Å². The summed E-state index contributed by atoms with van der Waals surface area (Å²) < 4.78 is 27.0. The van der Waals surface area contributed by atoms with Crippen LogP contribution in [0.25, 0.3) is 0 Å². The normalized spacial score (nSPS) is 36.8. The Morgan fingerprint density at radius 1 is 1.11 bits per heavy atom. The predicted octanol–water partition coefficient (Wildman–Crippen LogP) is 7.52. The van der Waals surface area contributed by atoms with E-state index in [0.717, 1.165) is 44.1 Å². The van der Waals surface area contributed by atoms with Crippen LogP contribution in [0.5, 0.6) is 0 Å². The number of nitrogens with zero attached hydrogens (tertiary/aromatic N) is 2. The minimum atomic E-state index is -1.49. The summed E-state index contributed by atoms with van der Waals surface area (Å²) in [7, 11) is 0. The highest BCUT2D eigenvalue weighted by Gasteiger charge is 2.70. The molecule has 8 heteroatoms. The Kier molecular flexibility index (Phi) is 6.65. The minimum absolute atomic E-state index is 0.00826. The lowest BCUT2D eigenvalue weighted by molar-refractivity contribution is -0.148. The average Bonchev–Trinajstić information content (AvgIpc) is 3.48. The third-order valence-corrected chi connectivity index (χ3v) is 13.0. The molecule has 1 amide bonds. The predicted molar refractivity (Wildman–Crippen MR) is 173 cm³/mol. The number of nitriles is 1. The summed E-state index contributed by atoms with van der Waals surface area (Å²) in [6.45, 7) is 6.17. The van der Waals surface area contributed by atoms with Crippen LogP contribution >= 0.6 is 0 Å². The number of nitrogens with one attached hydrogen (secondary N) is 1. The smallest absolute Gasteiger partial charge is 0.302 e. The number of rotatable bonds is 3. The van der Waals surface area contributed by atoms with Crippen LogP contribution in [0.15, 0.2) is 71.3 Å². The Morgan fingerprint density at radius 3 is 2.62 bits per heavy atom. The molecule has 2 heterocycles. The van der Waals surface area contributed by atoms with Crippen molar-refractivity contribution in [3.05, 3.63) is 88.3 Å². The van der Waals surface area contributed by atoms with Crippen LogP contribution < -0.4 is 4.90 Å². The maximum absolute atomic E-state index is 14.9. The van der Waals surface area contributed by atoms with Crippen molar-refractivity contribution in [1.29, 1.82) is 10.7 Å². The third kappa shape index (κ3) is 4.04. The van der Waals surface area contributed by atoms with Gasteiger partial charge in [0.2, 0.25) is 11.5 Å². The Morgan fingerprint density at radius 2 is 1.85 bits per heavy atom. The molecule has 2 aliphatic heterocycles. The van der Waals surface area contributed by atoms with Gasteiger partial charge < -0.3 is 14.4 Å². The molecule has 242 valence electrons. The number of amides is 1. The summed E-state index contributed by atoms with van der Waals surface area (Å²) >= 11 is 0. The fourth-order valence-electron chi connectivity index (χ4n) is 11.0. The second kappa shape index (κ2) is 10.4. The summed E-state index contributed by atoms with van der Waals surface area (Å²) in [5, 5.41) is 19.5. The van der Waals surface area contributed by atoms with Gasteiger partial charge in [-0.1, -0.05) is 61.9 Å². The van der Waals surface area contributed by atoms with E-state index in [1.54, 1.807) is 23.1 Å². The molecular weight excluding hydrogens is 593 g/mol. The van der Waals surface area contributed by atoms with Crippen LogP contribution in [0.3, 0.4) is 0 Å². The molecule has 4 aliphatic carbocycles. The van der Waals surface area contributed by atoms with Crippen molar-refractivity contribution < 1.29 is 23.5 Å². The Hall–Kier alpha value is -4.25. The van der Waals surface area contributed by atoms with Gasteiger partial charge in [-0.2, -0.15) is 5.26 Å². The second-order valence-corrected chi connectivity index (χ2v) is 15.0. The lowest BCUT2D eigenvalue weighted by Gasteiger charge is -2.57. The number of hydrogen-bond donors (Lipinski definition) is 1. The zero-order chi connectivity index (χ0) is 32.9. The molecule has 8 atom stereocenters. The SMILES string of the molecule is CC(=O)O[C@H]1CC[C@@]2(C)C(=CCC3C2CC[C@]2(C)C4=C(C#N)C(=N)OC5(C(=O)N(Cc6ccccc6F)c6ccccc65)C4CC32)C1. The van der Waals surface area contributed by atoms with Crippen LogP contribution in [0.1, 0.15) is 76.8 Å². The van der Waals surface area contributed by atoms with E-state index in [1.807, 2.05) is 24.3 Å². The number of carbonyl (C=O) groups is 2. The number of benzene rings is 2. The number of hydrogen-bond acceptors (Lipinski definition) is 6. The standard InChI is InChI=1S/C39H40FN3O4/c1-22(44)46-25-14-16-37(2)24(18-25)12-13-26-28(37)15-17-38(3)30(26)19-31-34(38)27(20-41)35(42)47-39(31)29-9-5-7-11-33(29)43(36(39)45)21-23-8-4-6-10-32(23)40/h4-12,25-26,28,30-31,42H,13-19,21H2,1-3H3/t25-,26?,28?,30?,31?,37-,38-,39?/m0/s1. The number of para-hydroxylation sites is 1. The molecule has 2 aromatic rings. The van der Waals surface area contributed by atoms with Crippen LogP contribution in [0, 0.1) is 57.1 Å². The number of esters is 1. The molecule has 47 heavy (non-hydrogen) atoms. The van der Waals surface area contributed by atoms with Crippen molar-refractivity contribution >= 4 is 23.5 Å². The van der Waals surface area contributed by atoms with E-state index < -0.39 is 11.5 Å². The van der Waals surface area contributed by atoms with Gasteiger partial charge in [-0.05, 0) is 84.8 Å². The number of carbonyl (C=O) groups excluding carboxylic acids is 2. The highest BCUT2D eigenvalue weighted by molar-refractivity contribution is 6.11. The topological polar surface area (TPSA) is 103 Å². The maximum atomic E-state index is 14.9. The van der Waals surface area contributed by atoms with Gasteiger partial charge in [0, 0.05) is 30.4 Å². The Bertz CT molecular complexity index is 1840. The van der Waals surface area contributed by atoms with E-state index in [-0.39, 0.29) is 58.6 Å². The molecule has 8 rings (SSSR count). The van der Waals surface area contributed by atoms with E-state index >= 15 is 0 Å². The molecule has 0 radical (unpaired) electrons.